The maximum absolute atomic E-state index is 9.18. The van der Waals surface area contributed by atoms with Gasteiger partial charge in [0.1, 0.15) is 12.1 Å². The summed E-state index contributed by atoms with van der Waals surface area (Å²) in [5, 5.41) is 0. The number of hydrogen-bond donors (Lipinski definition) is 0. The van der Waals surface area contributed by atoms with E-state index in [1.54, 1.807) is 0 Å². The first kappa shape index (κ1) is 12.8. The van der Waals surface area contributed by atoms with Crippen molar-refractivity contribution in [3.8, 4) is 0 Å². The van der Waals surface area contributed by atoms with E-state index in [9.17, 15) is 9.59 Å². The summed E-state index contributed by atoms with van der Waals surface area (Å²) in [6.45, 7) is 6.50. The lowest BCUT2D eigenvalue weighted by molar-refractivity contribution is 0.566. The SMILES string of the molecule is CC(C)C.O=C=NSN=C=O. The van der Waals surface area contributed by atoms with Gasteiger partial charge in [-0.2, -0.15) is 0 Å². The van der Waals surface area contributed by atoms with E-state index in [4.69, 9.17) is 0 Å². The van der Waals surface area contributed by atoms with Crippen molar-refractivity contribution in [3.63, 3.8) is 0 Å². The second-order valence-corrected chi connectivity index (χ2v) is 2.71. The third-order valence-electron chi connectivity index (χ3n) is 0.156. The van der Waals surface area contributed by atoms with E-state index >= 15 is 0 Å². The van der Waals surface area contributed by atoms with E-state index in [0.29, 0.717) is 12.1 Å². The van der Waals surface area contributed by atoms with Crippen LogP contribution in [0, 0.1) is 5.92 Å². The molecule has 0 atom stereocenters. The highest BCUT2D eigenvalue weighted by Crippen LogP contribution is 1.96. The number of rotatable bonds is 2. The monoisotopic (exact) mass is 174 g/mol. The molecule has 4 nitrogen and oxygen atoms in total. The number of isocyanates is 2. The van der Waals surface area contributed by atoms with Gasteiger partial charge in [-0.05, 0) is 5.92 Å². The van der Waals surface area contributed by atoms with E-state index in [1.165, 1.54) is 12.2 Å². The molecule has 62 valence electrons. The molecule has 0 rings (SSSR count). The van der Waals surface area contributed by atoms with Crippen LogP contribution in [-0.4, -0.2) is 12.2 Å². The Labute approximate surface area is 70.1 Å². The fourth-order valence-corrected chi connectivity index (χ4v) is 0.161. The number of nitrogens with zero attached hydrogens (tertiary/aromatic N) is 2. The molecule has 5 heteroatoms. The molecule has 0 aliphatic carbocycles. The van der Waals surface area contributed by atoms with Gasteiger partial charge in [-0.3, -0.25) is 0 Å². The molecule has 0 bridgehead atoms. The summed E-state index contributed by atoms with van der Waals surface area (Å²) in [4.78, 5) is 18.4. The third-order valence-corrected chi connectivity index (χ3v) is 0.469. The van der Waals surface area contributed by atoms with E-state index in [0.717, 1.165) is 5.92 Å². The van der Waals surface area contributed by atoms with E-state index in [2.05, 4.69) is 29.6 Å². The molecule has 0 aromatic carbocycles. The zero-order chi connectivity index (χ0) is 9.11. The van der Waals surface area contributed by atoms with E-state index in [-0.39, 0.29) is 0 Å². The minimum Gasteiger partial charge on any atom is -0.210 e. The highest BCUT2D eigenvalue weighted by molar-refractivity contribution is 7.96. The van der Waals surface area contributed by atoms with Crippen molar-refractivity contribution in [2.75, 3.05) is 0 Å². The van der Waals surface area contributed by atoms with E-state index in [1.807, 2.05) is 0 Å². The summed E-state index contributed by atoms with van der Waals surface area (Å²) < 4.78 is 5.69. The number of carbonyl (C=O) groups excluding carboxylic acids is 2. The average molecular weight is 174 g/mol. The van der Waals surface area contributed by atoms with Gasteiger partial charge >= 0.3 is 0 Å². The molecular weight excluding hydrogens is 164 g/mol. The lowest BCUT2D eigenvalue weighted by atomic mass is 10.3. The maximum Gasteiger partial charge on any atom is 0.249 e. The maximum atomic E-state index is 9.18. The van der Waals surface area contributed by atoms with Gasteiger partial charge in [-0.15, -0.1) is 8.80 Å². The summed E-state index contributed by atoms with van der Waals surface area (Å²) in [6.07, 6.45) is 2.34. The van der Waals surface area contributed by atoms with Gasteiger partial charge in [-0.25, -0.2) is 9.59 Å². The highest BCUT2D eigenvalue weighted by atomic mass is 32.2. The quantitative estimate of drug-likeness (QED) is 0.365. The minimum absolute atomic E-state index is 0.456. The Hall–Kier alpha value is -0.890. The topological polar surface area (TPSA) is 58.9 Å². The molecule has 0 saturated carbocycles. The predicted molar refractivity (Wildman–Crippen MR) is 44.3 cm³/mol. The van der Waals surface area contributed by atoms with Crippen molar-refractivity contribution in [1.82, 2.24) is 0 Å². The predicted octanol–water partition coefficient (Wildman–Crippen LogP) is 1.88. The third kappa shape index (κ3) is 47.6. The summed E-state index contributed by atoms with van der Waals surface area (Å²) in [7, 11) is 0. The summed E-state index contributed by atoms with van der Waals surface area (Å²) in [5.74, 6) is 0.833. The lowest BCUT2D eigenvalue weighted by Crippen LogP contribution is -1.66. The summed E-state index contributed by atoms with van der Waals surface area (Å²) in [5.41, 5.74) is 0. The van der Waals surface area contributed by atoms with Crippen LogP contribution >= 0.6 is 12.1 Å². The molecule has 0 amide bonds. The zero-order valence-corrected chi connectivity index (χ0v) is 7.51. The van der Waals surface area contributed by atoms with Crippen LogP contribution in [0.3, 0.4) is 0 Å². The molecule has 0 aliphatic heterocycles. The van der Waals surface area contributed by atoms with Gasteiger partial charge in [0, 0.05) is 0 Å². The summed E-state index contributed by atoms with van der Waals surface area (Å²) in [6, 6.07) is 0. The average Bonchev–Trinajstić information content (AvgIpc) is 1.88. The molecular formula is C6H10N2O2S. The normalized spacial score (nSPS) is 6.91. The second-order valence-electron chi connectivity index (χ2n) is 2.18. The fraction of sp³-hybridized carbons (Fsp3) is 0.667. The van der Waals surface area contributed by atoms with E-state index < -0.39 is 0 Å². The van der Waals surface area contributed by atoms with Crippen LogP contribution in [0.1, 0.15) is 20.8 Å². The van der Waals surface area contributed by atoms with Crippen molar-refractivity contribution >= 4 is 24.3 Å². The molecule has 0 spiro atoms. The van der Waals surface area contributed by atoms with Gasteiger partial charge in [0.15, 0.2) is 0 Å². The summed E-state index contributed by atoms with van der Waals surface area (Å²) >= 11 is 0.456. The van der Waals surface area contributed by atoms with Crippen LogP contribution in [0.4, 0.5) is 0 Å². The molecule has 0 unspecified atom stereocenters. The second kappa shape index (κ2) is 11.9. The smallest absolute Gasteiger partial charge is 0.210 e. The Morgan fingerprint density at radius 2 is 1.36 bits per heavy atom. The van der Waals surface area contributed by atoms with Gasteiger partial charge < -0.3 is 0 Å². The first-order valence-electron chi connectivity index (χ1n) is 2.95. The van der Waals surface area contributed by atoms with Crippen LogP contribution < -0.4 is 0 Å². The zero-order valence-electron chi connectivity index (χ0n) is 6.70. The highest BCUT2D eigenvalue weighted by Gasteiger charge is 1.68. The lowest BCUT2D eigenvalue weighted by Gasteiger charge is -1.79. The van der Waals surface area contributed by atoms with Gasteiger partial charge in [0.25, 0.3) is 0 Å². The van der Waals surface area contributed by atoms with Crippen molar-refractivity contribution in [2.45, 2.75) is 20.8 Å². The number of hydrogen-bond acceptors (Lipinski definition) is 5. The fourth-order valence-electron chi connectivity index (χ4n) is 0.0537. The van der Waals surface area contributed by atoms with Crippen molar-refractivity contribution in [1.29, 1.82) is 0 Å². The minimum atomic E-state index is 0.456. The first-order chi connectivity index (χ1) is 5.15. The van der Waals surface area contributed by atoms with Crippen LogP contribution in [0.5, 0.6) is 0 Å². The van der Waals surface area contributed by atoms with Crippen LogP contribution in [0.2, 0.25) is 0 Å². The molecule has 0 saturated heterocycles. The molecule has 11 heavy (non-hydrogen) atoms. The molecule has 0 heterocycles. The van der Waals surface area contributed by atoms with Gasteiger partial charge in [0.2, 0.25) is 12.2 Å². The molecule has 0 radical (unpaired) electrons. The standard InChI is InChI=1S/C4H10.C2N2O2S/c1-4(2)3;5-1-3-7-4-2-6/h4H,1-3H3;. The Morgan fingerprint density at radius 1 is 1.09 bits per heavy atom. The van der Waals surface area contributed by atoms with Crippen molar-refractivity contribution in [3.05, 3.63) is 0 Å². The van der Waals surface area contributed by atoms with Crippen molar-refractivity contribution in [2.24, 2.45) is 14.7 Å². The van der Waals surface area contributed by atoms with Crippen LogP contribution in [0.15, 0.2) is 8.80 Å². The molecule has 0 aromatic heterocycles. The molecule has 0 N–H and O–H groups in total. The van der Waals surface area contributed by atoms with Crippen molar-refractivity contribution < 1.29 is 9.59 Å². The first-order valence-corrected chi connectivity index (χ1v) is 3.68. The van der Waals surface area contributed by atoms with Crippen LogP contribution in [0.25, 0.3) is 0 Å². The Kier molecular flexibility index (Phi) is 13.7. The molecule has 0 aromatic rings. The Morgan fingerprint density at radius 3 is 1.55 bits per heavy atom. The van der Waals surface area contributed by atoms with Gasteiger partial charge in [0.05, 0.1) is 0 Å². The van der Waals surface area contributed by atoms with Crippen LogP contribution in [-0.2, 0) is 9.59 Å². The Bertz CT molecular complexity index is 151. The Balaban J connectivity index is 0. The molecule has 0 fully saturated rings. The van der Waals surface area contributed by atoms with Gasteiger partial charge in [-0.1, -0.05) is 20.8 Å². The largest absolute Gasteiger partial charge is 0.249 e. The molecule has 0 aliphatic rings.